The molecular formula is C34H21N3O. The highest BCUT2D eigenvalue weighted by molar-refractivity contribution is 6.22. The van der Waals surface area contributed by atoms with E-state index in [-0.39, 0.29) is 5.56 Å². The number of hydrogen-bond donors (Lipinski definition) is 0. The van der Waals surface area contributed by atoms with Crippen molar-refractivity contribution in [3.63, 3.8) is 0 Å². The van der Waals surface area contributed by atoms with Crippen LogP contribution in [0.1, 0.15) is 0 Å². The Morgan fingerprint density at radius 3 is 1.92 bits per heavy atom. The largest absolute Gasteiger partial charge is 0.290 e. The van der Waals surface area contributed by atoms with Crippen LogP contribution in [0.25, 0.3) is 66.1 Å². The van der Waals surface area contributed by atoms with Crippen molar-refractivity contribution in [3.8, 4) is 16.8 Å². The second-order valence-corrected chi connectivity index (χ2v) is 9.60. The Balaban J connectivity index is 1.60. The maximum Gasteiger partial charge on any atom is 0.263 e. The van der Waals surface area contributed by atoms with Gasteiger partial charge in [-0.05, 0) is 52.9 Å². The molecule has 0 bridgehead atoms. The molecule has 38 heavy (non-hydrogen) atoms. The number of rotatable bonds is 2. The number of benzene rings is 5. The first-order valence-corrected chi connectivity index (χ1v) is 12.7. The number of para-hydroxylation sites is 3. The van der Waals surface area contributed by atoms with Crippen LogP contribution < -0.4 is 5.56 Å². The summed E-state index contributed by atoms with van der Waals surface area (Å²) in [6.07, 6.45) is 0. The molecule has 3 aromatic heterocycles. The fourth-order valence-corrected chi connectivity index (χ4v) is 5.82. The van der Waals surface area contributed by atoms with Crippen LogP contribution in [0.2, 0.25) is 0 Å². The lowest BCUT2D eigenvalue weighted by Crippen LogP contribution is -2.20. The molecule has 0 saturated carbocycles. The molecule has 4 heteroatoms. The summed E-state index contributed by atoms with van der Waals surface area (Å²) in [5.74, 6) is 0. The van der Waals surface area contributed by atoms with Crippen molar-refractivity contribution in [3.05, 3.63) is 138 Å². The standard InChI is InChI=1S/C34H21N3O/c38-34-26-13-5-4-12-25(26)31-27-14-6-8-16-29(27)37-30-17-9-7-15-28(30)35-33(37)32(31)36(34)24-20-18-23(19-21-24)22-10-2-1-3-11-22/h1-21H. The van der Waals surface area contributed by atoms with Gasteiger partial charge in [0.1, 0.15) is 5.52 Å². The zero-order valence-corrected chi connectivity index (χ0v) is 20.4. The molecule has 8 aromatic rings. The Morgan fingerprint density at radius 1 is 0.526 bits per heavy atom. The number of pyridine rings is 2. The van der Waals surface area contributed by atoms with Crippen LogP contribution in [-0.4, -0.2) is 14.0 Å². The van der Waals surface area contributed by atoms with Crippen LogP contribution in [0.15, 0.2) is 132 Å². The molecule has 0 aliphatic heterocycles. The number of aromatic nitrogens is 3. The summed E-state index contributed by atoms with van der Waals surface area (Å²) in [7, 11) is 0. The molecular weight excluding hydrogens is 466 g/mol. The molecule has 0 N–H and O–H groups in total. The highest BCUT2D eigenvalue weighted by Gasteiger charge is 2.21. The first kappa shape index (κ1) is 20.9. The first-order chi connectivity index (χ1) is 18.8. The zero-order chi connectivity index (χ0) is 25.2. The van der Waals surface area contributed by atoms with E-state index in [9.17, 15) is 4.79 Å². The second kappa shape index (κ2) is 7.89. The third-order valence-corrected chi connectivity index (χ3v) is 7.51. The van der Waals surface area contributed by atoms with Gasteiger partial charge < -0.3 is 0 Å². The summed E-state index contributed by atoms with van der Waals surface area (Å²) < 4.78 is 4.04. The van der Waals surface area contributed by atoms with Crippen LogP contribution >= 0.6 is 0 Å². The Morgan fingerprint density at radius 2 is 1.13 bits per heavy atom. The van der Waals surface area contributed by atoms with Gasteiger partial charge >= 0.3 is 0 Å². The van der Waals surface area contributed by atoms with Crippen molar-refractivity contribution >= 4 is 49.3 Å². The molecule has 0 atom stereocenters. The van der Waals surface area contributed by atoms with E-state index < -0.39 is 0 Å². The maximum absolute atomic E-state index is 14.2. The van der Waals surface area contributed by atoms with Gasteiger partial charge in [-0.15, -0.1) is 0 Å². The molecule has 8 rings (SSSR count). The van der Waals surface area contributed by atoms with Gasteiger partial charge in [-0.1, -0.05) is 91.0 Å². The maximum atomic E-state index is 14.2. The first-order valence-electron chi connectivity index (χ1n) is 12.7. The van der Waals surface area contributed by atoms with Gasteiger partial charge in [0.05, 0.1) is 16.6 Å². The van der Waals surface area contributed by atoms with E-state index in [1.54, 1.807) is 0 Å². The summed E-state index contributed by atoms with van der Waals surface area (Å²) in [6.45, 7) is 0. The average Bonchev–Trinajstić information content (AvgIpc) is 3.38. The van der Waals surface area contributed by atoms with E-state index in [0.717, 1.165) is 60.7 Å². The van der Waals surface area contributed by atoms with Crippen molar-refractivity contribution in [1.82, 2.24) is 14.0 Å². The molecule has 5 aromatic carbocycles. The Kier molecular flexibility index (Phi) is 4.34. The van der Waals surface area contributed by atoms with E-state index in [1.807, 2.05) is 77.4 Å². The molecule has 0 amide bonds. The molecule has 0 aliphatic rings. The highest BCUT2D eigenvalue weighted by atomic mass is 16.1. The molecule has 0 radical (unpaired) electrons. The SMILES string of the molecule is O=c1c2ccccc2c2c3ccccc3n3c4ccccc4nc3c2n1-c1ccc(-c2ccccc2)cc1. The predicted molar refractivity (Wildman–Crippen MR) is 156 cm³/mol. The number of nitrogens with zero attached hydrogens (tertiary/aromatic N) is 3. The Labute approximate surface area is 217 Å². The van der Waals surface area contributed by atoms with Gasteiger partial charge in [-0.3, -0.25) is 13.8 Å². The summed E-state index contributed by atoms with van der Waals surface area (Å²) >= 11 is 0. The van der Waals surface area contributed by atoms with Gasteiger partial charge in [-0.2, -0.15) is 0 Å². The van der Waals surface area contributed by atoms with Gasteiger partial charge in [0.15, 0.2) is 5.65 Å². The lowest BCUT2D eigenvalue weighted by molar-refractivity contribution is 1.06. The average molecular weight is 488 g/mol. The van der Waals surface area contributed by atoms with E-state index in [0.29, 0.717) is 5.39 Å². The summed E-state index contributed by atoms with van der Waals surface area (Å²) in [5, 5.41) is 3.75. The Bertz CT molecular complexity index is 2240. The molecule has 4 nitrogen and oxygen atoms in total. The third-order valence-electron chi connectivity index (χ3n) is 7.51. The lowest BCUT2D eigenvalue weighted by atomic mass is 10.0. The highest BCUT2D eigenvalue weighted by Crippen LogP contribution is 2.36. The van der Waals surface area contributed by atoms with Gasteiger partial charge in [0.25, 0.3) is 5.56 Å². The molecule has 0 saturated heterocycles. The minimum Gasteiger partial charge on any atom is -0.290 e. The van der Waals surface area contributed by atoms with Crippen LogP contribution in [0, 0.1) is 0 Å². The number of imidazole rings is 1. The third kappa shape index (κ3) is 2.86. The fraction of sp³-hybridized carbons (Fsp3) is 0. The second-order valence-electron chi connectivity index (χ2n) is 9.60. The molecule has 0 unspecified atom stereocenters. The molecule has 0 aliphatic carbocycles. The zero-order valence-electron chi connectivity index (χ0n) is 20.4. The predicted octanol–water partition coefficient (Wildman–Crippen LogP) is 7.77. The van der Waals surface area contributed by atoms with Gasteiger partial charge in [-0.25, -0.2) is 4.98 Å². The van der Waals surface area contributed by atoms with E-state index in [1.165, 1.54) is 0 Å². The van der Waals surface area contributed by atoms with Crippen molar-refractivity contribution in [2.75, 3.05) is 0 Å². The van der Waals surface area contributed by atoms with E-state index in [2.05, 4.69) is 59.0 Å². The van der Waals surface area contributed by atoms with Crippen LogP contribution in [-0.2, 0) is 0 Å². The van der Waals surface area contributed by atoms with Crippen LogP contribution in [0.4, 0.5) is 0 Å². The summed E-state index contributed by atoms with van der Waals surface area (Å²) in [4.78, 5) is 19.3. The quantitative estimate of drug-likeness (QED) is 0.234. The van der Waals surface area contributed by atoms with E-state index in [4.69, 9.17) is 4.98 Å². The molecule has 0 spiro atoms. The lowest BCUT2D eigenvalue weighted by Gasteiger charge is -2.17. The fourth-order valence-electron chi connectivity index (χ4n) is 5.82. The molecule has 178 valence electrons. The van der Waals surface area contributed by atoms with Crippen molar-refractivity contribution in [1.29, 1.82) is 0 Å². The topological polar surface area (TPSA) is 39.3 Å². The summed E-state index contributed by atoms with van der Waals surface area (Å²) in [6, 6.07) is 43.0. The van der Waals surface area contributed by atoms with Crippen molar-refractivity contribution in [2.45, 2.75) is 0 Å². The Hall–Kier alpha value is -5.22. The summed E-state index contributed by atoms with van der Waals surface area (Å²) in [5.41, 5.74) is 7.59. The molecule has 0 fully saturated rings. The number of fused-ring (bicyclic) bond motifs is 10. The van der Waals surface area contributed by atoms with Gasteiger partial charge in [0, 0.05) is 21.8 Å². The molecule has 3 heterocycles. The van der Waals surface area contributed by atoms with Crippen LogP contribution in [0.3, 0.4) is 0 Å². The van der Waals surface area contributed by atoms with Crippen LogP contribution in [0.5, 0.6) is 0 Å². The number of hydrogen-bond acceptors (Lipinski definition) is 2. The normalized spacial score (nSPS) is 11.8. The smallest absolute Gasteiger partial charge is 0.263 e. The van der Waals surface area contributed by atoms with Crippen molar-refractivity contribution < 1.29 is 0 Å². The van der Waals surface area contributed by atoms with E-state index >= 15 is 0 Å². The minimum absolute atomic E-state index is 0.0511. The van der Waals surface area contributed by atoms with Crippen molar-refractivity contribution in [2.24, 2.45) is 0 Å². The van der Waals surface area contributed by atoms with Gasteiger partial charge in [0.2, 0.25) is 0 Å². The monoisotopic (exact) mass is 487 g/mol. The minimum atomic E-state index is -0.0511.